The van der Waals surface area contributed by atoms with Crippen LogP contribution in [0.4, 0.5) is 5.95 Å². The van der Waals surface area contributed by atoms with Crippen molar-refractivity contribution in [1.82, 2.24) is 15.3 Å². The molecule has 1 N–H and O–H groups in total. The van der Waals surface area contributed by atoms with Gasteiger partial charge in [-0.2, -0.15) is 0 Å². The van der Waals surface area contributed by atoms with E-state index in [2.05, 4.69) is 32.3 Å². The van der Waals surface area contributed by atoms with Gasteiger partial charge >= 0.3 is 0 Å². The first kappa shape index (κ1) is 15.0. The number of aryl methyl sites for hydroxylation is 1. The molecule has 0 unspecified atom stereocenters. The van der Waals surface area contributed by atoms with Gasteiger partial charge in [-0.25, -0.2) is 9.97 Å². The maximum absolute atomic E-state index is 12.4. The van der Waals surface area contributed by atoms with Crippen molar-refractivity contribution < 1.29 is 4.79 Å². The molecule has 0 aromatic carbocycles. The second-order valence-corrected chi connectivity index (χ2v) is 6.18. The summed E-state index contributed by atoms with van der Waals surface area (Å²) >= 11 is 0. The summed E-state index contributed by atoms with van der Waals surface area (Å²) in [6.07, 6.45) is 12.9. The van der Waals surface area contributed by atoms with Gasteiger partial charge in [0.15, 0.2) is 0 Å². The van der Waals surface area contributed by atoms with E-state index in [1.54, 1.807) is 6.20 Å². The molecule has 5 nitrogen and oxygen atoms in total. The summed E-state index contributed by atoms with van der Waals surface area (Å²) in [5.74, 6) is 0.686. The van der Waals surface area contributed by atoms with Crippen LogP contribution in [0.3, 0.4) is 0 Å². The number of nitrogens with zero attached hydrogens (tertiary/aromatic N) is 3. The molecule has 1 aliphatic heterocycles. The van der Waals surface area contributed by atoms with E-state index >= 15 is 0 Å². The number of hydrogen-bond donors (Lipinski definition) is 1. The first-order valence-electron chi connectivity index (χ1n) is 8.28. The monoisotopic (exact) mass is 300 g/mol. The fourth-order valence-electron chi connectivity index (χ4n) is 3.16. The number of rotatable bonds is 3. The van der Waals surface area contributed by atoms with Crippen LogP contribution >= 0.6 is 0 Å². The predicted octanol–water partition coefficient (Wildman–Crippen LogP) is 2.61. The van der Waals surface area contributed by atoms with Crippen molar-refractivity contribution in [2.45, 2.75) is 51.5 Å². The van der Waals surface area contributed by atoms with E-state index < -0.39 is 0 Å². The molecule has 2 aliphatic rings. The molecule has 2 heterocycles. The Morgan fingerprint density at radius 2 is 2.09 bits per heavy atom. The zero-order valence-electron chi connectivity index (χ0n) is 13.2. The molecule has 0 bridgehead atoms. The summed E-state index contributed by atoms with van der Waals surface area (Å²) in [6.45, 7) is 3.66. The minimum Gasteiger partial charge on any atom is -0.349 e. The molecular formula is C17H24N4O. The number of carbonyl (C=O) groups excluding carboxylic acids is 1. The first-order chi connectivity index (χ1) is 10.7. The quantitative estimate of drug-likeness (QED) is 0.872. The summed E-state index contributed by atoms with van der Waals surface area (Å²) < 4.78 is 0. The van der Waals surface area contributed by atoms with E-state index in [4.69, 9.17) is 0 Å². The zero-order valence-corrected chi connectivity index (χ0v) is 13.2. The lowest BCUT2D eigenvalue weighted by Gasteiger charge is -2.24. The Labute approximate surface area is 131 Å². The maximum atomic E-state index is 12.4. The van der Waals surface area contributed by atoms with E-state index in [1.807, 2.05) is 6.92 Å². The highest BCUT2D eigenvalue weighted by Gasteiger charge is 2.19. The van der Waals surface area contributed by atoms with Crippen LogP contribution in [0.15, 0.2) is 18.3 Å². The second-order valence-electron chi connectivity index (χ2n) is 6.18. The summed E-state index contributed by atoms with van der Waals surface area (Å²) in [7, 11) is 0. The number of aromatic nitrogens is 2. The molecule has 0 radical (unpaired) electrons. The van der Waals surface area contributed by atoms with E-state index in [0.29, 0.717) is 11.6 Å². The Morgan fingerprint density at radius 1 is 1.27 bits per heavy atom. The fraction of sp³-hybridized carbons (Fsp3) is 0.588. The lowest BCUT2D eigenvalue weighted by molar-refractivity contribution is 0.0926. The Morgan fingerprint density at radius 3 is 2.77 bits per heavy atom. The average Bonchev–Trinajstić information content (AvgIpc) is 2.56. The molecule has 0 saturated heterocycles. The SMILES string of the molecule is Cc1nc(N2CC=CCC2)ncc1C(=O)NC1CCCCC1. The Balaban J connectivity index is 1.68. The maximum Gasteiger partial charge on any atom is 0.254 e. The zero-order chi connectivity index (χ0) is 15.4. The van der Waals surface area contributed by atoms with Crippen LogP contribution in [-0.4, -0.2) is 35.0 Å². The Bertz CT molecular complexity index is 564. The summed E-state index contributed by atoms with van der Waals surface area (Å²) in [4.78, 5) is 23.5. The highest BCUT2D eigenvalue weighted by atomic mass is 16.1. The molecule has 1 fully saturated rings. The van der Waals surface area contributed by atoms with Crippen LogP contribution in [0.25, 0.3) is 0 Å². The second kappa shape index (κ2) is 6.90. The molecule has 118 valence electrons. The number of amides is 1. The minimum atomic E-state index is -0.0329. The third-order valence-corrected chi connectivity index (χ3v) is 4.49. The molecule has 22 heavy (non-hydrogen) atoms. The van der Waals surface area contributed by atoms with Crippen molar-refractivity contribution >= 4 is 11.9 Å². The van der Waals surface area contributed by atoms with Crippen LogP contribution in [0, 0.1) is 6.92 Å². The molecule has 0 atom stereocenters. The third kappa shape index (κ3) is 3.46. The standard InChI is InChI=1S/C17H24N4O/c1-13-15(16(22)20-14-8-4-2-5-9-14)12-18-17(19-13)21-10-6-3-7-11-21/h3,6,12,14H,2,4-5,7-11H2,1H3,(H,20,22). The van der Waals surface area contributed by atoms with E-state index in [0.717, 1.165) is 44.0 Å². The average molecular weight is 300 g/mol. The topological polar surface area (TPSA) is 58.1 Å². The van der Waals surface area contributed by atoms with Gasteiger partial charge in [0.05, 0.1) is 11.3 Å². The van der Waals surface area contributed by atoms with Crippen molar-refractivity contribution in [3.8, 4) is 0 Å². The smallest absolute Gasteiger partial charge is 0.254 e. The van der Waals surface area contributed by atoms with Gasteiger partial charge in [-0.3, -0.25) is 4.79 Å². The highest BCUT2D eigenvalue weighted by molar-refractivity contribution is 5.95. The van der Waals surface area contributed by atoms with Crippen LogP contribution in [0.2, 0.25) is 0 Å². The number of carbonyl (C=O) groups is 1. The molecule has 5 heteroatoms. The van der Waals surface area contributed by atoms with Gasteiger partial charge in [0.1, 0.15) is 0 Å². The minimum absolute atomic E-state index is 0.0329. The molecule has 1 amide bonds. The van der Waals surface area contributed by atoms with Crippen molar-refractivity contribution in [1.29, 1.82) is 0 Å². The van der Waals surface area contributed by atoms with Crippen LogP contribution in [-0.2, 0) is 0 Å². The molecule has 1 saturated carbocycles. The lowest BCUT2D eigenvalue weighted by Crippen LogP contribution is -2.37. The van der Waals surface area contributed by atoms with Gasteiger partial charge in [-0.1, -0.05) is 31.4 Å². The van der Waals surface area contributed by atoms with Crippen LogP contribution in [0.1, 0.15) is 54.6 Å². The van der Waals surface area contributed by atoms with Gasteiger partial charge in [0.2, 0.25) is 5.95 Å². The van der Waals surface area contributed by atoms with Crippen molar-refractivity contribution in [3.05, 3.63) is 29.6 Å². The van der Waals surface area contributed by atoms with Gasteiger partial charge in [0, 0.05) is 25.3 Å². The Hall–Kier alpha value is -1.91. The Kier molecular flexibility index (Phi) is 4.71. The molecular weight excluding hydrogens is 276 g/mol. The molecule has 1 aromatic rings. The molecule has 3 rings (SSSR count). The summed E-state index contributed by atoms with van der Waals surface area (Å²) in [5, 5.41) is 3.13. The van der Waals surface area contributed by atoms with Crippen LogP contribution in [0.5, 0.6) is 0 Å². The van der Waals surface area contributed by atoms with Crippen LogP contribution < -0.4 is 10.2 Å². The third-order valence-electron chi connectivity index (χ3n) is 4.49. The molecule has 1 aliphatic carbocycles. The number of nitrogens with one attached hydrogen (secondary N) is 1. The van der Waals surface area contributed by atoms with Gasteiger partial charge in [0.25, 0.3) is 5.91 Å². The van der Waals surface area contributed by atoms with Crippen molar-refractivity contribution in [2.24, 2.45) is 0 Å². The van der Waals surface area contributed by atoms with Gasteiger partial charge in [-0.15, -0.1) is 0 Å². The normalized spacial score (nSPS) is 19.2. The molecule has 1 aromatic heterocycles. The predicted molar refractivity (Wildman–Crippen MR) is 87.1 cm³/mol. The van der Waals surface area contributed by atoms with E-state index in [1.165, 1.54) is 19.3 Å². The number of hydrogen-bond acceptors (Lipinski definition) is 4. The van der Waals surface area contributed by atoms with E-state index in [9.17, 15) is 4.79 Å². The highest BCUT2D eigenvalue weighted by Crippen LogP contribution is 2.19. The largest absolute Gasteiger partial charge is 0.349 e. The lowest BCUT2D eigenvalue weighted by atomic mass is 9.95. The van der Waals surface area contributed by atoms with Crippen molar-refractivity contribution in [2.75, 3.05) is 18.0 Å². The molecule has 0 spiro atoms. The fourth-order valence-corrected chi connectivity index (χ4v) is 3.16. The summed E-state index contributed by atoms with van der Waals surface area (Å²) in [6, 6.07) is 0.313. The number of anilines is 1. The first-order valence-corrected chi connectivity index (χ1v) is 8.28. The summed E-state index contributed by atoms with van der Waals surface area (Å²) in [5.41, 5.74) is 1.36. The van der Waals surface area contributed by atoms with E-state index in [-0.39, 0.29) is 5.91 Å². The van der Waals surface area contributed by atoms with Gasteiger partial charge in [-0.05, 0) is 26.2 Å². The van der Waals surface area contributed by atoms with Crippen molar-refractivity contribution in [3.63, 3.8) is 0 Å². The van der Waals surface area contributed by atoms with Gasteiger partial charge < -0.3 is 10.2 Å².